The van der Waals surface area contributed by atoms with Crippen molar-refractivity contribution in [1.29, 1.82) is 0 Å². The molecule has 2 aromatic rings. The first-order chi connectivity index (χ1) is 12.1. The van der Waals surface area contributed by atoms with E-state index in [0.717, 1.165) is 18.7 Å². The first-order valence-electron chi connectivity index (χ1n) is 8.65. The highest BCUT2D eigenvalue weighted by atomic mass is 19.1. The van der Waals surface area contributed by atoms with Gasteiger partial charge in [-0.05, 0) is 48.2 Å². The molecule has 0 saturated carbocycles. The summed E-state index contributed by atoms with van der Waals surface area (Å²) in [6.45, 7) is 2.71. The number of hydrogen-bond donors (Lipinski definition) is 0. The van der Waals surface area contributed by atoms with E-state index in [4.69, 9.17) is 0 Å². The highest BCUT2D eigenvalue weighted by molar-refractivity contribution is 5.91. The summed E-state index contributed by atoms with van der Waals surface area (Å²) < 4.78 is 13.2. The van der Waals surface area contributed by atoms with Crippen LogP contribution in [0.2, 0.25) is 0 Å². The third kappa shape index (κ3) is 4.47. The molecule has 1 amide bonds. The SMILES string of the molecule is CN(Cc1ccccc1N1CCCC1)C(=O)/C=C/c1cccc(F)c1. The Morgan fingerprint density at radius 1 is 1.16 bits per heavy atom. The Morgan fingerprint density at radius 3 is 2.68 bits per heavy atom. The Hall–Kier alpha value is -2.62. The van der Waals surface area contributed by atoms with Crippen LogP contribution in [0.15, 0.2) is 54.6 Å². The second kappa shape index (κ2) is 7.97. The molecule has 0 N–H and O–H groups in total. The van der Waals surface area contributed by atoms with Gasteiger partial charge in [-0.1, -0.05) is 30.3 Å². The van der Waals surface area contributed by atoms with Crippen molar-refractivity contribution in [3.8, 4) is 0 Å². The summed E-state index contributed by atoms with van der Waals surface area (Å²) in [4.78, 5) is 16.4. The van der Waals surface area contributed by atoms with Gasteiger partial charge < -0.3 is 9.80 Å². The van der Waals surface area contributed by atoms with E-state index in [1.807, 2.05) is 12.1 Å². The maximum absolute atomic E-state index is 13.2. The van der Waals surface area contributed by atoms with Crippen LogP contribution in [0.4, 0.5) is 10.1 Å². The van der Waals surface area contributed by atoms with E-state index >= 15 is 0 Å². The smallest absolute Gasteiger partial charge is 0.246 e. The number of amides is 1. The predicted molar refractivity (Wildman–Crippen MR) is 99.8 cm³/mol. The third-order valence-corrected chi connectivity index (χ3v) is 4.49. The zero-order valence-corrected chi connectivity index (χ0v) is 14.5. The highest BCUT2D eigenvalue weighted by Crippen LogP contribution is 2.25. The lowest BCUT2D eigenvalue weighted by molar-refractivity contribution is -0.125. The van der Waals surface area contributed by atoms with Crippen molar-refractivity contribution >= 4 is 17.7 Å². The molecule has 130 valence electrons. The number of hydrogen-bond acceptors (Lipinski definition) is 2. The van der Waals surface area contributed by atoms with Gasteiger partial charge >= 0.3 is 0 Å². The van der Waals surface area contributed by atoms with Crippen molar-refractivity contribution < 1.29 is 9.18 Å². The van der Waals surface area contributed by atoms with Gasteiger partial charge in [0.1, 0.15) is 5.82 Å². The normalized spacial score (nSPS) is 14.2. The van der Waals surface area contributed by atoms with E-state index < -0.39 is 0 Å². The molecule has 0 unspecified atom stereocenters. The van der Waals surface area contributed by atoms with Crippen LogP contribution < -0.4 is 4.90 Å². The summed E-state index contributed by atoms with van der Waals surface area (Å²) >= 11 is 0. The second-order valence-corrected chi connectivity index (χ2v) is 6.41. The minimum absolute atomic E-state index is 0.0968. The number of para-hydroxylation sites is 1. The van der Waals surface area contributed by atoms with Gasteiger partial charge in [0.05, 0.1) is 0 Å². The first kappa shape index (κ1) is 17.2. The standard InChI is InChI=1S/C21H23FN2O/c1-23(21(25)12-11-17-7-6-9-19(22)15-17)16-18-8-2-3-10-20(18)24-13-4-5-14-24/h2-3,6-12,15H,4-5,13-14,16H2,1H3/b12-11+. The van der Waals surface area contributed by atoms with E-state index in [-0.39, 0.29) is 11.7 Å². The van der Waals surface area contributed by atoms with Crippen molar-refractivity contribution in [1.82, 2.24) is 4.90 Å². The molecule has 25 heavy (non-hydrogen) atoms. The van der Waals surface area contributed by atoms with Crippen LogP contribution >= 0.6 is 0 Å². The molecule has 1 aliphatic rings. The number of carbonyl (C=O) groups is 1. The average Bonchev–Trinajstić information content (AvgIpc) is 3.14. The molecular formula is C21H23FN2O. The molecule has 0 aliphatic carbocycles. The Bertz CT molecular complexity index is 766. The topological polar surface area (TPSA) is 23.6 Å². The number of nitrogens with zero attached hydrogens (tertiary/aromatic N) is 2. The fourth-order valence-corrected chi connectivity index (χ4v) is 3.15. The molecule has 0 radical (unpaired) electrons. The van der Waals surface area contributed by atoms with E-state index in [9.17, 15) is 9.18 Å². The van der Waals surface area contributed by atoms with Gasteiger partial charge in [0.2, 0.25) is 5.91 Å². The summed E-state index contributed by atoms with van der Waals surface area (Å²) in [5.41, 5.74) is 3.05. The monoisotopic (exact) mass is 338 g/mol. The maximum atomic E-state index is 13.2. The Balaban J connectivity index is 1.67. The zero-order chi connectivity index (χ0) is 17.6. The summed E-state index contributed by atoms with van der Waals surface area (Å²) in [7, 11) is 1.79. The molecule has 0 aromatic heterocycles. The molecule has 0 spiro atoms. The Labute approximate surface area is 148 Å². The van der Waals surface area contributed by atoms with Gasteiger partial charge in [-0.25, -0.2) is 4.39 Å². The van der Waals surface area contributed by atoms with Crippen molar-refractivity contribution in [2.45, 2.75) is 19.4 Å². The van der Waals surface area contributed by atoms with Gasteiger partial charge in [0, 0.05) is 38.4 Å². The Kier molecular flexibility index (Phi) is 5.49. The lowest BCUT2D eigenvalue weighted by Gasteiger charge is -2.24. The van der Waals surface area contributed by atoms with Crippen LogP contribution in [-0.2, 0) is 11.3 Å². The quantitative estimate of drug-likeness (QED) is 0.767. The number of anilines is 1. The fraction of sp³-hybridized carbons (Fsp3) is 0.286. The lowest BCUT2D eigenvalue weighted by atomic mass is 10.1. The largest absolute Gasteiger partial charge is 0.371 e. The lowest BCUT2D eigenvalue weighted by Crippen LogP contribution is -2.26. The van der Waals surface area contributed by atoms with Crippen molar-refractivity contribution in [2.24, 2.45) is 0 Å². The molecule has 1 fully saturated rings. The van der Waals surface area contributed by atoms with Gasteiger partial charge in [-0.2, -0.15) is 0 Å². The summed E-state index contributed by atoms with van der Waals surface area (Å²) in [6.07, 6.45) is 5.58. The second-order valence-electron chi connectivity index (χ2n) is 6.41. The molecule has 3 nitrogen and oxygen atoms in total. The fourth-order valence-electron chi connectivity index (χ4n) is 3.15. The highest BCUT2D eigenvalue weighted by Gasteiger charge is 2.16. The minimum atomic E-state index is -0.303. The molecule has 1 aliphatic heterocycles. The molecule has 2 aromatic carbocycles. The summed E-state index contributed by atoms with van der Waals surface area (Å²) in [6, 6.07) is 14.5. The average molecular weight is 338 g/mol. The van der Waals surface area contributed by atoms with Crippen LogP contribution in [0.1, 0.15) is 24.0 Å². The summed E-state index contributed by atoms with van der Waals surface area (Å²) in [5, 5.41) is 0. The molecule has 3 rings (SSSR count). The first-order valence-corrected chi connectivity index (χ1v) is 8.65. The van der Waals surface area contributed by atoms with Crippen LogP contribution in [0.5, 0.6) is 0 Å². The van der Waals surface area contributed by atoms with Gasteiger partial charge in [-0.3, -0.25) is 4.79 Å². The third-order valence-electron chi connectivity index (χ3n) is 4.49. The molecule has 1 saturated heterocycles. The van der Waals surface area contributed by atoms with E-state index in [1.54, 1.807) is 30.2 Å². The molecular weight excluding hydrogens is 315 g/mol. The van der Waals surface area contributed by atoms with Crippen molar-refractivity contribution in [3.05, 3.63) is 71.6 Å². The molecule has 1 heterocycles. The number of benzene rings is 2. The number of rotatable bonds is 5. The van der Waals surface area contributed by atoms with Crippen molar-refractivity contribution in [3.63, 3.8) is 0 Å². The molecule has 0 atom stereocenters. The van der Waals surface area contributed by atoms with Crippen LogP contribution in [0, 0.1) is 5.82 Å². The van der Waals surface area contributed by atoms with Crippen LogP contribution in [0.3, 0.4) is 0 Å². The van der Waals surface area contributed by atoms with Crippen molar-refractivity contribution in [2.75, 3.05) is 25.0 Å². The van der Waals surface area contributed by atoms with E-state index in [1.165, 1.54) is 36.7 Å². The Morgan fingerprint density at radius 2 is 1.92 bits per heavy atom. The summed E-state index contributed by atoms with van der Waals surface area (Å²) in [5.74, 6) is -0.400. The van der Waals surface area contributed by atoms with E-state index in [0.29, 0.717) is 12.1 Å². The minimum Gasteiger partial charge on any atom is -0.371 e. The predicted octanol–water partition coefficient (Wildman–Crippen LogP) is 4.10. The maximum Gasteiger partial charge on any atom is 0.246 e. The number of halogens is 1. The number of carbonyl (C=O) groups excluding carboxylic acids is 1. The van der Waals surface area contributed by atoms with Gasteiger partial charge in [-0.15, -0.1) is 0 Å². The van der Waals surface area contributed by atoms with Gasteiger partial charge in [0.15, 0.2) is 0 Å². The van der Waals surface area contributed by atoms with E-state index in [2.05, 4.69) is 17.0 Å². The van der Waals surface area contributed by atoms with Crippen LogP contribution in [-0.4, -0.2) is 30.9 Å². The number of likely N-dealkylation sites (N-methyl/N-ethyl adjacent to an activating group) is 1. The molecule has 4 heteroatoms. The molecule has 0 bridgehead atoms. The zero-order valence-electron chi connectivity index (χ0n) is 14.5. The van der Waals surface area contributed by atoms with Gasteiger partial charge in [0.25, 0.3) is 0 Å². The van der Waals surface area contributed by atoms with Crippen LogP contribution in [0.25, 0.3) is 6.08 Å².